The highest BCUT2D eigenvalue weighted by Crippen LogP contribution is 2.16. The maximum Gasteiger partial charge on any atom is 0.0893 e. The third-order valence-corrected chi connectivity index (χ3v) is 2.35. The second-order valence-electron chi connectivity index (χ2n) is 3.30. The number of nitrogens with one attached hydrogen (secondary N) is 2. The molecule has 70 valence electrons. The van der Waals surface area contributed by atoms with Crippen LogP contribution in [-0.2, 0) is 13.0 Å². The summed E-state index contributed by atoms with van der Waals surface area (Å²) in [6.45, 7) is 4.15. The van der Waals surface area contributed by atoms with Crippen LogP contribution in [0.2, 0.25) is 0 Å². The number of fused-ring (bicyclic) bond motifs is 1. The summed E-state index contributed by atoms with van der Waals surface area (Å²) in [5.41, 5.74) is 3.74. The van der Waals surface area contributed by atoms with Crippen LogP contribution in [0.3, 0.4) is 0 Å². The smallest absolute Gasteiger partial charge is 0.0893 e. The van der Waals surface area contributed by atoms with E-state index in [-0.39, 0.29) is 0 Å². The number of aromatic nitrogens is 2. The summed E-state index contributed by atoms with van der Waals surface area (Å²) >= 11 is 0. The predicted molar refractivity (Wildman–Crippen MR) is 53.3 cm³/mol. The minimum Gasteiger partial charge on any atom is -0.312 e. The number of H-pyrrole nitrogens is 1. The molecule has 0 amide bonds. The summed E-state index contributed by atoms with van der Waals surface area (Å²) in [6, 6.07) is 0. The van der Waals surface area contributed by atoms with Crippen molar-refractivity contribution >= 4 is 6.08 Å². The molecule has 1 aliphatic heterocycles. The van der Waals surface area contributed by atoms with E-state index in [1.54, 1.807) is 0 Å². The molecule has 0 atom stereocenters. The fourth-order valence-electron chi connectivity index (χ4n) is 1.62. The Morgan fingerprint density at radius 1 is 1.54 bits per heavy atom. The number of hydrogen-bond acceptors (Lipinski definition) is 2. The summed E-state index contributed by atoms with van der Waals surface area (Å²) in [4.78, 5) is 0. The average molecular weight is 177 g/mol. The van der Waals surface area contributed by atoms with Crippen LogP contribution >= 0.6 is 0 Å². The molecule has 2 heterocycles. The lowest BCUT2D eigenvalue weighted by Crippen LogP contribution is -2.23. The highest BCUT2D eigenvalue weighted by Gasteiger charge is 2.13. The molecule has 0 saturated carbocycles. The van der Waals surface area contributed by atoms with Gasteiger partial charge in [0.15, 0.2) is 0 Å². The number of allylic oxidation sites excluding steroid dienone is 1. The highest BCUT2D eigenvalue weighted by molar-refractivity contribution is 5.51. The molecule has 1 aromatic rings. The van der Waals surface area contributed by atoms with Crippen molar-refractivity contribution in [2.24, 2.45) is 0 Å². The van der Waals surface area contributed by atoms with E-state index in [4.69, 9.17) is 0 Å². The summed E-state index contributed by atoms with van der Waals surface area (Å²) in [6.07, 6.45) is 6.38. The number of nitrogens with zero attached hydrogens (tertiary/aromatic N) is 1. The number of hydrogen-bond donors (Lipinski definition) is 2. The Morgan fingerprint density at radius 2 is 2.46 bits per heavy atom. The Kier molecular flexibility index (Phi) is 2.45. The summed E-state index contributed by atoms with van der Waals surface area (Å²) in [5.74, 6) is 0. The lowest BCUT2D eigenvalue weighted by Gasteiger charge is -2.11. The van der Waals surface area contributed by atoms with Gasteiger partial charge in [-0.3, -0.25) is 5.10 Å². The molecule has 0 saturated heterocycles. The van der Waals surface area contributed by atoms with Crippen LogP contribution in [0.5, 0.6) is 0 Å². The molecular formula is C10H15N3. The van der Waals surface area contributed by atoms with Crippen molar-refractivity contribution in [1.29, 1.82) is 0 Å². The molecule has 0 bridgehead atoms. The van der Waals surface area contributed by atoms with Crippen LogP contribution in [0.4, 0.5) is 0 Å². The molecule has 3 heteroatoms. The molecule has 1 aromatic heterocycles. The highest BCUT2D eigenvalue weighted by atomic mass is 15.1. The molecule has 0 aliphatic carbocycles. The Labute approximate surface area is 78.2 Å². The first-order chi connectivity index (χ1) is 6.42. The van der Waals surface area contributed by atoms with Crippen LogP contribution in [-0.4, -0.2) is 16.7 Å². The van der Waals surface area contributed by atoms with E-state index < -0.39 is 0 Å². The van der Waals surface area contributed by atoms with Gasteiger partial charge in [-0.25, -0.2) is 0 Å². The van der Waals surface area contributed by atoms with Crippen molar-refractivity contribution < 1.29 is 0 Å². The van der Waals surface area contributed by atoms with Crippen molar-refractivity contribution in [1.82, 2.24) is 15.5 Å². The second kappa shape index (κ2) is 3.75. The normalized spacial score (nSPS) is 16.4. The second-order valence-corrected chi connectivity index (χ2v) is 3.30. The van der Waals surface area contributed by atoms with E-state index in [1.165, 1.54) is 11.3 Å². The molecule has 3 nitrogen and oxygen atoms in total. The molecule has 0 radical (unpaired) electrons. The van der Waals surface area contributed by atoms with Gasteiger partial charge in [0.25, 0.3) is 0 Å². The van der Waals surface area contributed by atoms with E-state index in [0.717, 1.165) is 31.6 Å². The van der Waals surface area contributed by atoms with Crippen molar-refractivity contribution in [2.75, 3.05) is 6.54 Å². The average Bonchev–Trinajstić information content (AvgIpc) is 2.58. The lowest BCUT2D eigenvalue weighted by molar-refractivity contribution is 0.636. The third-order valence-electron chi connectivity index (χ3n) is 2.35. The van der Waals surface area contributed by atoms with E-state index in [9.17, 15) is 0 Å². The van der Waals surface area contributed by atoms with Gasteiger partial charge in [-0.15, -0.1) is 0 Å². The Bertz CT molecular complexity index is 312. The Morgan fingerprint density at radius 3 is 3.31 bits per heavy atom. The molecular weight excluding hydrogens is 162 g/mol. The van der Waals surface area contributed by atoms with Gasteiger partial charge in [0.05, 0.1) is 5.69 Å². The van der Waals surface area contributed by atoms with Crippen LogP contribution in [0.15, 0.2) is 6.08 Å². The molecule has 2 rings (SSSR count). The van der Waals surface area contributed by atoms with Gasteiger partial charge in [-0.05, 0) is 12.5 Å². The first kappa shape index (κ1) is 8.51. The van der Waals surface area contributed by atoms with Crippen LogP contribution in [0, 0.1) is 0 Å². The largest absolute Gasteiger partial charge is 0.312 e. The molecule has 13 heavy (non-hydrogen) atoms. The lowest BCUT2D eigenvalue weighted by atomic mass is 10.1. The molecule has 0 aromatic carbocycles. The summed E-state index contributed by atoms with van der Waals surface area (Å²) in [5, 5.41) is 10.7. The van der Waals surface area contributed by atoms with Gasteiger partial charge in [0.2, 0.25) is 0 Å². The summed E-state index contributed by atoms with van der Waals surface area (Å²) in [7, 11) is 0. The SMILES string of the molecule is CCC=Cc1n[nH]c2c1CNCC2. The molecule has 2 N–H and O–H groups in total. The van der Waals surface area contributed by atoms with Crippen molar-refractivity contribution in [3.8, 4) is 0 Å². The Hall–Kier alpha value is -1.09. The quantitative estimate of drug-likeness (QED) is 0.718. The monoisotopic (exact) mass is 177 g/mol. The minimum absolute atomic E-state index is 0.954. The zero-order valence-electron chi connectivity index (χ0n) is 7.93. The van der Waals surface area contributed by atoms with Gasteiger partial charge < -0.3 is 5.32 Å². The molecule has 0 unspecified atom stereocenters. The van der Waals surface area contributed by atoms with E-state index >= 15 is 0 Å². The topological polar surface area (TPSA) is 40.7 Å². The number of rotatable bonds is 2. The fraction of sp³-hybridized carbons (Fsp3) is 0.500. The predicted octanol–water partition coefficient (Wildman–Crippen LogP) is 1.48. The third kappa shape index (κ3) is 1.65. The van der Waals surface area contributed by atoms with Crippen molar-refractivity contribution in [3.63, 3.8) is 0 Å². The minimum atomic E-state index is 0.954. The first-order valence-electron chi connectivity index (χ1n) is 4.85. The maximum atomic E-state index is 4.28. The van der Waals surface area contributed by atoms with Crippen LogP contribution in [0.1, 0.15) is 30.3 Å². The fourth-order valence-corrected chi connectivity index (χ4v) is 1.62. The van der Waals surface area contributed by atoms with Gasteiger partial charge in [-0.2, -0.15) is 5.10 Å². The summed E-state index contributed by atoms with van der Waals surface area (Å²) < 4.78 is 0. The van der Waals surface area contributed by atoms with E-state index in [2.05, 4.69) is 34.6 Å². The zero-order chi connectivity index (χ0) is 9.10. The Balaban J connectivity index is 2.26. The molecule has 0 spiro atoms. The molecule has 0 fully saturated rings. The molecule has 1 aliphatic rings. The van der Waals surface area contributed by atoms with Gasteiger partial charge in [-0.1, -0.05) is 13.0 Å². The number of aromatic amines is 1. The van der Waals surface area contributed by atoms with Crippen molar-refractivity contribution in [2.45, 2.75) is 26.3 Å². The van der Waals surface area contributed by atoms with Gasteiger partial charge in [0, 0.05) is 30.8 Å². The van der Waals surface area contributed by atoms with E-state index in [0.29, 0.717) is 0 Å². The first-order valence-corrected chi connectivity index (χ1v) is 4.85. The standard InChI is InChI=1S/C10H15N3/c1-2-3-4-9-8-7-11-6-5-10(8)13-12-9/h3-4,11H,2,5-7H2,1H3,(H,12,13). The van der Waals surface area contributed by atoms with Gasteiger partial charge in [0.1, 0.15) is 0 Å². The van der Waals surface area contributed by atoms with Crippen molar-refractivity contribution in [3.05, 3.63) is 23.0 Å². The maximum absolute atomic E-state index is 4.28. The zero-order valence-corrected chi connectivity index (χ0v) is 7.93. The van der Waals surface area contributed by atoms with E-state index in [1.807, 2.05) is 0 Å². The van der Waals surface area contributed by atoms with Crippen LogP contribution < -0.4 is 5.32 Å². The van der Waals surface area contributed by atoms with Gasteiger partial charge >= 0.3 is 0 Å². The van der Waals surface area contributed by atoms with Crippen LogP contribution in [0.25, 0.3) is 6.08 Å².